The molecule has 1 saturated heterocycles. The van der Waals surface area contributed by atoms with E-state index in [1.807, 2.05) is 0 Å². The number of carbonyl (C=O) groups excluding carboxylic acids is 1. The Hall–Kier alpha value is -2.98. The van der Waals surface area contributed by atoms with Crippen molar-refractivity contribution in [2.75, 3.05) is 18.4 Å². The van der Waals surface area contributed by atoms with E-state index in [9.17, 15) is 26.4 Å². The van der Waals surface area contributed by atoms with Crippen LogP contribution in [-0.2, 0) is 20.8 Å². The standard InChI is InChI=1S/C22H20F3N3O3S/c23-22(24,25)16-6-2-7-17(11-16)32(30,31)18-10-14-4-1-8-19(20(14)27-13-18)28-21(29)15-5-3-9-26-12-15/h1-2,4,6-8,10-11,13,15,26H,3,5,9,12H2,(H,28,29). The van der Waals surface area contributed by atoms with Crippen molar-refractivity contribution in [2.24, 2.45) is 5.92 Å². The maximum absolute atomic E-state index is 13.0. The van der Waals surface area contributed by atoms with Gasteiger partial charge in [-0.25, -0.2) is 8.42 Å². The van der Waals surface area contributed by atoms with Gasteiger partial charge in [0.2, 0.25) is 15.7 Å². The Balaban J connectivity index is 1.66. The molecular formula is C22H20F3N3O3S. The number of alkyl halides is 3. The number of anilines is 1. The van der Waals surface area contributed by atoms with Crippen molar-refractivity contribution < 1.29 is 26.4 Å². The zero-order valence-electron chi connectivity index (χ0n) is 16.8. The van der Waals surface area contributed by atoms with Gasteiger partial charge in [-0.05, 0) is 49.7 Å². The molecule has 2 heterocycles. The van der Waals surface area contributed by atoms with Crippen LogP contribution in [0.1, 0.15) is 18.4 Å². The first-order valence-corrected chi connectivity index (χ1v) is 11.5. The number of pyridine rings is 1. The first kappa shape index (κ1) is 22.2. The van der Waals surface area contributed by atoms with Crippen molar-refractivity contribution >= 4 is 32.3 Å². The number of nitrogens with zero attached hydrogens (tertiary/aromatic N) is 1. The minimum atomic E-state index is -4.66. The van der Waals surface area contributed by atoms with E-state index in [2.05, 4.69) is 15.6 Å². The summed E-state index contributed by atoms with van der Waals surface area (Å²) in [6.07, 6.45) is -1.89. The van der Waals surface area contributed by atoms with E-state index in [1.165, 1.54) is 6.07 Å². The number of carbonyl (C=O) groups is 1. The summed E-state index contributed by atoms with van der Waals surface area (Å²) in [5, 5.41) is 6.47. The van der Waals surface area contributed by atoms with Crippen LogP contribution in [-0.4, -0.2) is 32.4 Å². The van der Waals surface area contributed by atoms with Crippen LogP contribution in [0.4, 0.5) is 18.9 Å². The van der Waals surface area contributed by atoms with Gasteiger partial charge in [-0.3, -0.25) is 9.78 Å². The molecule has 3 aromatic rings. The number of amides is 1. The summed E-state index contributed by atoms with van der Waals surface area (Å²) < 4.78 is 64.9. The first-order chi connectivity index (χ1) is 15.2. The molecule has 1 amide bonds. The Morgan fingerprint density at radius 2 is 1.88 bits per heavy atom. The lowest BCUT2D eigenvalue weighted by molar-refractivity contribution is -0.137. The van der Waals surface area contributed by atoms with Crippen molar-refractivity contribution in [2.45, 2.75) is 28.8 Å². The molecule has 0 aliphatic carbocycles. The van der Waals surface area contributed by atoms with Crippen LogP contribution in [0.3, 0.4) is 0 Å². The third-order valence-electron chi connectivity index (χ3n) is 5.39. The molecular weight excluding hydrogens is 443 g/mol. The molecule has 1 atom stereocenters. The highest BCUT2D eigenvalue weighted by molar-refractivity contribution is 7.91. The highest BCUT2D eigenvalue weighted by Gasteiger charge is 2.32. The number of hydrogen-bond donors (Lipinski definition) is 2. The van der Waals surface area contributed by atoms with Gasteiger partial charge in [0.05, 0.1) is 32.5 Å². The Morgan fingerprint density at radius 1 is 1.09 bits per heavy atom. The lowest BCUT2D eigenvalue weighted by Gasteiger charge is -2.22. The van der Waals surface area contributed by atoms with E-state index in [-0.39, 0.29) is 16.7 Å². The molecule has 1 aliphatic rings. The topological polar surface area (TPSA) is 88.2 Å². The third kappa shape index (κ3) is 4.46. The quantitative estimate of drug-likeness (QED) is 0.610. The molecule has 0 bridgehead atoms. The second-order valence-corrected chi connectivity index (χ2v) is 9.56. The van der Waals surface area contributed by atoms with Gasteiger partial charge < -0.3 is 10.6 Å². The van der Waals surface area contributed by atoms with E-state index in [4.69, 9.17) is 0 Å². The maximum Gasteiger partial charge on any atom is 0.416 e. The summed E-state index contributed by atoms with van der Waals surface area (Å²) in [5.41, 5.74) is -0.205. The minimum Gasteiger partial charge on any atom is -0.324 e. The number of aromatic nitrogens is 1. The van der Waals surface area contributed by atoms with Crippen LogP contribution in [0.2, 0.25) is 0 Å². The molecule has 168 valence electrons. The molecule has 32 heavy (non-hydrogen) atoms. The molecule has 1 aliphatic heterocycles. The number of hydrogen-bond acceptors (Lipinski definition) is 5. The van der Waals surface area contributed by atoms with Crippen molar-refractivity contribution in [1.29, 1.82) is 0 Å². The highest BCUT2D eigenvalue weighted by atomic mass is 32.2. The van der Waals surface area contributed by atoms with Gasteiger partial charge in [0, 0.05) is 18.1 Å². The largest absolute Gasteiger partial charge is 0.416 e. The van der Waals surface area contributed by atoms with Gasteiger partial charge in [0.1, 0.15) is 0 Å². The fourth-order valence-electron chi connectivity index (χ4n) is 3.67. The van der Waals surface area contributed by atoms with Gasteiger partial charge in [0.25, 0.3) is 0 Å². The summed E-state index contributed by atoms with van der Waals surface area (Å²) in [4.78, 5) is 16.1. The predicted octanol–water partition coefficient (Wildman–Crippen LogP) is 4.02. The van der Waals surface area contributed by atoms with Crippen molar-refractivity contribution in [3.05, 3.63) is 60.3 Å². The molecule has 1 aromatic heterocycles. The minimum absolute atomic E-state index is 0.146. The van der Waals surface area contributed by atoms with Crippen LogP contribution in [0.5, 0.6) is 0 Å². The molecule has 1 fully saturated rings. The zero-order valence-corrected chi connectivity index (χ0v) is 17.6. The van der Waals surface area contributed by atoms with Gasteiger partial charge >= 0.3 is 6.18 Å². The highest BCUT2D eigenvalue weighted by Crippen LogP contribution is 2.33. The second-order valence-electron chi connectivity index (χ2n) is 7.61. The van der Waals surface area contributed by atoms with E-state index in [0.29, 0.717) is 29.2 Å². The summed E-state index contributed by atoms with van der Waals surface area (Å²) in [6.45, 7) is 1.46. The molecule has 0 radical (unpaired) electrons. The summed E-state index contributed by atoms with van der Waals surface area (Å²) in [7, 11) is -4.22. The SMILES string of the molecule is O=C(Nc1cccc2cc(S(=O)(=O)c3cccc(C(F)(F)F)c3)cnc12)C1CCCNC1. The molecule has 1 unspecified atom stereocenters. The van der Waals surface area contributed by atoms with Crippen LogP contribution < -0.4 is 10.6 Å². The average molecular weight is 463 g/mol. The molecule has 2 N–H and O–H groups in total. The van der Waals surface area contributed by atoms with Crippen LogP contribution in [0, 0.1) is 5.92 Å². The van der Waals surface area contributed by atoms with Crippen molar-refractivity contribution in [1.82, 2.24) is 10.3 Å². The number of fused-ring (bicyclic) bond motifs is 1. The molecule has 2 aromatic carbocycles. The summed E-state index contributed by atoms with van der Waals surface area (Å²) in [6, 6.07) is 9.88. The van der Waals surface area contributed by atoms with Gasteiger partial charge in [0.15, 0.2) is 0 Å². The lowest BCUT2D eigenvalue weighted by atomic mass is 9.98. The van der Waals surface area contributed by atoms with Crippen molar-refractivity contribution in [3.8, 4) is 0 Å². The normalized spacial score (nSPS) is 17.3. The lowest BCUT2D eigenvalue weighted by Crippen LogP contribution is -2.37. The molecule has 0 spiro atoms. The number of sulfone groups is 1. The van der Waals surface area contributed by atoms with Crippen LogP contribution in [0.25, 0.3) is 10.9 Å². The molecule has 10 heteroatoms. The third-order valence-corrected chi connectivity index (χ3v) is 7.11. The second kappa shape index (κ2) is 8.51. The molecule has 4 rings (SSSR count). The van der Waals surface area contributed by atoms with E-state index >= 15 is 0 Å². The monoisotopic (exact) mass is 463 g/mol. The Labute approximate surface area is 182 Å². The first-order valence-electron chi connectivity index (χ1n) is 9.99. The fraction of sp³-hybridized carbons (Fsp3) is 0.273. The van der Waals surface area contributed by atoms with Crippen LogP contribution >= 0.6 is 0 Å². The summed E-state index contributed by atoms with van der Waals surface area (Å²) in [5.74, 6) is -0.313. The van der Waals surface area contributed by atoms with Crippen molar-refractivity contribution in [3.63, 3.8) is 0 Å². The number of halogens is 3. The van der Waals surface area contributed by atoms with Gasteiger partial charge in [-0.2, -0.15) is 13.2 Å². The van der Waals surface area contributed by atoms with E-state index < -0.39 is 26.5 Å². The Morgan fingerprint density at radius 3 is 2.59 bits per heavy atom. The van der Waals surface area contributed by atoms with Crippen LogP contribution in [0.15, 0.2) is 64.5 Å². The van der Waals surface area contributed by atoms with Gasteiger partial charge in [-0.1, -0.05) is 18.2 Å². The number of rotatable bonds is 4. The van der Waals surface area contributed by atoms with E-state index in [1.54, 1.807) is 18.2 Å². The van der Waals surface area contributed by atoms with E-state index in [0.717, 1.165) is 43.8 Å². The summed E-state index contributed by atoms with van der Waals surface area (Å²) >= 11 is 0. The zero-order chi connectivity index (χ0) is 22.9. The molecule has 0 saturated carbocycles. The number of benzene rings is 2. The van der Waals surface area contributed by atoms with Gasteiger partial charge in [-0.15, -0.1) is 0 Å². The number of piperidine rings is 1. The Bertz CT molecular complexity index is 1270. The average Bonchev–Trinajstić information content (AvgIpc) is 2.79. The number of nitrogens with one attached hydrogen (secondary N) is 2. The fourth-order valence-corrected chi connectivity index (χ4v) is 4.96. The predicted molar refractivity (Wildman–Crippen MR) is 113 cm³/mol. The smallest absolute Gasteiger partial charge is 0.324 e. The number of para-hydroxylation sites is 1. The molecule has 6 nitrogen and oxygen atoms in total. The maximum atomic E-state index is 13.0. The Kier molecular flexibility index (Phi) is 5.91.